The number of hydrogen-bond acceptors (Lipinski definition) is 4. The Bertz CT molecular complexity index is 572. The largest absolute Gasteiger partial charge is 0.392 e. The first kappa shape index (κ1) is 14.5. The molecule has 1 saturated carbocycles. The summed E-state index contributed by atoms with van der Waals surface area (Å²) < 4.78 is 5.71. The van der Waals surface area contributed by atoms with Crippen molar-refractivity contribution in [2.45, 2.75) is 38.5 Å². The van der Waals surface area contributed by atoms with Crippen LogP contribution in [0.15, 0.2) is 24.3 Å². The number of para-hydroxylation sites is 1. The molecule has 5 heteroatoms. The molecule has 1 saturated heterocycles. The van der Waals surface area contributed by atoms with Gasteiger partial charge in [0.15, 0.2) is 0 Å². The molecule has 1 aromatic rings. The summed E-state index contributed by atoms with van der Waals surface area (Å²) in [5.41, 5.74) is 6.47. The van der Waals surface area contributed by atoms with Crippen molar-refractivity contribution in [1.29, 1.82) is 0 Å². The van der Waals surface area contributed by atoms with Crippen LogP contribution in [-0.4, -0.2) is 29.3 Å². The van der Waals surface area contributed by atoms with Crippen LogP contribution in [0.25, 0.3) is 0 Å². The van der Waals surface area contributed by atoms with E-state index in [1.165, 1.54) is 0 Å². The quantitative estimate of drug-likeness (QED) is 0.782. The maximum atomic E-state index is 12.8. The third-order valence-electron chi connectivity index (χ3n) is 5.27. The van der Waals surface area contributed by atoms with Crippen LogP contribution in [0, 0.1) is 11.3 Å². The molecule has 1 aliphatic heterocycles. The zero-order valence-corrected chi connectivity index (χ0v) is 12.4. The first-order chi connectivity index (χ1) is 9.92. The lowest BCUT2D eigenvalue weighted by Gasteiger charge is -2.60. The van der Waals surface area contributed by atoms with E-state index < -0.39 is 11.0 Å². The van der Waals surface area contributed by atoms with Crippen molar-refractivity contribution in [1.82, 2.24) is 0 Å². The summed E-state index contributed by atoms with van der Waals surface area (Å²) in [6.07, 6.45) is 0.876. The van der Waals surface area contributed by atoms with E-state index in [-0.39, 0.29) is 24.5 Å². The van der Waals surface area contributed by atoms with Crippen LogP contribution in [0.2, 0.25) is 0 Å². The monoisotopic (exact) mass is 290 g/mol. The van der Waals surface area contributed by atoms with Crippen molar-refractivity contribution < 1.29 is 14.6 Å². The molecule has 114 valence electrons. The molecule has 1 amide bonds. The number of nitrogens with two attached hydrogens (primary N) is 1. The molecule has 2 fully saturated rings. The van der Waals surface area contributed by atoms with Crippen molar-refractivity contribution in [3.8, 4) is 0 Å². The van der Waals surface area contributed by atoms with E-state index in [0.29, 0.717) is 17.9 Å². The summed E-state index contributed by atoms with van der Waals surface area (Å²) >= 11 is 0. The van der Waals surface area contributed by atoms with Gasteiger partial charge in [0.25, 0.3) is 0 Å². The summed E-state index contributed by atoms with van der Waals surface area (Å²) in [5, 5.41) is 12.2. The molecule has 0 bridgehead atoms. The van der Waals surface area contributed by atoms with E-state index in [1.807, 2.05) is 26.0 Å². The highest BCUT2D eigenvalue weighted by Crippen LogP contribution is 2.58. The fourth-order valence-electron chi connectivity index (χ4n) is 3.85. The average molecular weight is 290 g/mol. The summed E-state index contributed by atoms with van der Waals surface area (Å²) in [5.74, 6) is -0.131. The smallest absolute Gasteiger partial charge is 0.245 e. The Balaban J connectivity index is 1.85. The second kappa shape index (κ2) is 4.80. The highest BCUT2D eigenvalue weighted by molar-refractivity contribution is 6.00. The Morgan fingerprint density at radius 1 is 1.48 bits per heavy atom. The minimum atomic E-state index is -0.934. The maximum Gasteiger partial charge on any atom is 0.245 e. The zero-order chi connectivity index (χ0) is 15.3. The predicted octanol–water partition coefficient (Wildman–Crippen LogP) is 1.26. The van der Waals surface area contributed by atoms with Gasteiger partial charge >= 0.3 is 0 Å². The van der Waals surface area contributed by atoms with E-state index in [9.17, 15) is 9.90 Å². The number of amides is 1. The van der Waals surface area contributed by atoms with Gasteiger partial charge in [0.2, 0.25) is 5.91 Å². The Labute approximate surface area is 124 Å². The number of aliphatic hydroxyl groups excluding tert-OH is 1. The van der Waals surface area contributed by atoms with Crippen molar-refractivity contribution in [2.75, 3.05) is 11.9 Å². The van der Waals surface area contributed by atoms with E-state index in [0.717, 1.165) is 6.42 Å². The molecule has 5 nitrogen and oxygen atoms in total. The van der Waals surface area contributed by atoms with Crippen LogP contribution in [0.1, 0.15) is 25.8 Å². The molecule has 1 heterocycles. The number of carbonyl (C=O) groups is 1. The second-order valence-corrected chi connectivity index (χ2v) is 6.55. The molecule has 3 rings (SSSR count). The van der Waals surface area contributed by atoms with E-state index in [1.54, 1.807) is 12.1 Å². The molecule has 1 aromatic carbocycles. The molecule has 0 radical (unpaired) electrons. The topological polar surface area (TPSA) is 84.6 Å². The molecule has 4 N–H and O–H groups in total. The van der Waals surface area contributed by atoms with Crippen LogP contribution in [0.4, 0.5) is 5.69 Å². The predicted molar refractivity (Wildman–Crippen MR) is 79.5 cm³/mol. The van der Waals surface area contributed by atoms with Gasteiger partial charge in [-0.3, -0.25) is 4.79 Å². The molecule has 0 spiro atoms. The van der Waals surface area contributed by atoms with Crippen molar-refractivity contribution in [3.63, 3.8) is 0 Å². The lowest BCUT2D eigenvalue weighted by atomic mass is 9.48. The van der Waals surface area contributed by atoms with Gasteiger partial charge in [-0.05, 0) is 12.5 Å². The molecule has 3 atom stereocenters. The van der Waals surface area contributed by atoms with Crippen molar-refractivity contribution >= 4 is 11.6 Å². The zero-order valence-electron chi connectivity index (χ0n) is 12.4. The van der Waals surface area contributed by atoms with Gasteiger partial charge in [0, 0.05) is 29.2 Å². The van der Waals surface area contributed by atoms with Gasteiger partial charge in [-0.1, -0.05) is 32.0 Å². The first-order valence-electron chi connectivity index (χ1n) is 7.33. The number of ether oxygens (including phenoxy) is 1. The van der Waals surface area contributed by atoms with Gasteiger partial charge in [-0.25, -0.2) is 0 Å². The highest BCUT2D eigenvalue weighted by Gasteiger charge is 2.71. The Hall–Kier alpha value is -1.43. The van der Waals surface area contributed by atoms with Gasteiger partial charge in [0.1, 0.15) is 5.54 Å². The van der Waals surface area contributed by atoms with Crippen LogP contribution in [0.3, 0.4) is 0 Å². The number of anilines is 1. The molecule has 3 unspecified atom stereocenters. The fraction of sp³-hybridized carbons (Fsp3) is 0.562. The minimum absolute atomic E-state index is 0.0568. The number of fused-ring (bicyclic) bond motifs is 1. The third-order valence-corrected chi connectivity index (χ3v) is 5.27. The van der Waals surface area contributed by atoms with Crippen molar-refractivity contribution in [2.24, 2.45) is 17.1 Å². The Kier molecular flexibility index (Phi) is 3.31. The van der Waals surface area contributed by atoms with Crippen LogP contribution >= 0.6 is 0 Å². The number of aliphatic hydroxyl groups is 1. The van der Waals surface area contributed by atoms with Crippen molar-refractivity contribution in [3.05, 3.63) is 29.8 Å². The molecule has 0 aromatic heterocycles. The first-order valence-corrected chi connectivity index (χ1v) is 7.33. The Morgan fingerprint density at radius 2 is 2.19 bits per heavy atom. The highest BCUT2D eigenvalue weighted by atomic mass is 16.5. The van der Waals surface area contributed by atoms with Crippen LogP contribution in [0.5, 0.6) is 0 Å². The second-order valence-electron chi connectivity index (χ2n) is 6.55. The average Bonchev–Trinajstić information content (AvgIpc) is 2.95. The summed E-state index contributed by atoms with van der Waals surface area (Å²) in [4.78, 5) is 12.8. The normalized spacial score (nSPS) is 33.1. The lowest BCUT2D eigenvalue weighted by molar-refractivity contribution is -0.170. The van der Waals surface area contributed by atoms with E-state index in [4.69, 9.17) is 10.5 Å². The summed E-state index contributed by atoms with van der Waals surface area (Å²) in [6, 6.07) is 7.21. The molecule has 1 aliphatic carbocycles. The number of carbonyl (C=O) groups excluding carboxylic acids is 1. The Morgan fingerprint density at radius 3 is 2.90 bits per heavy atom. The SMILES string of the molecule is CC1(C)C2OCCC2C1(N)C(=O)Nc1ccccc1CO. The molecule has 2 aliphatic rings. The summed E-state index contributed by atoms with van der Waals surface area (Å²) in [6.45, 7) is 4.51. The standard InChI is InChI=1S/C16H22N2O3/c1-15(2)13-11(7-8-21-13)16(15,17)14(20)18-12-6-4-3-5-10(12)9-19/h3-6,11,13,19H,7-9,17H2,1-2H3,(H,18,20). The van der Waals surface area contributed by atoms with Gasteiger partial charge in [-0.2, -0.15) is 0 Å². The molecular formula is C16H22N2O3. The third kappa shape index (κ3) is 1.84. The van der Waals surface area contributed by atoms with E-state index in [2.05, 4.69) is 5.32 Å². The number of benzene rings is 1. The minimum Gasteiger partial charge on any atom is -0.392 e. The fourth-order valence-corrected chi connectivity index (χ4v) is 3.85. The lowest BCUT2D eigenvalue weighted by Crippen LogP contribution is -2.79. The number of hydrogen-bond donors (Lipinski definition) is 3. The van der Waals surface area contributed by atoms with Crippen LogP contribution in [-0.2, 0) is 16.1 Å². The molecule has 21 heavy (non-hydrogen) atoms. The van der Waals surface area contributed by atoms with E-state index >= 15 is 0 Å². The van der Waals surface area contributed by atoms with Gasteiger partial charge in [-0.15, -0.1) is 0 Å². The van der Waals surface area contributed by atoms with Crippen LogP contribution < -0.4 is 11.1 Å². The molecular weight excluding hydrogens is 268 g/mol. The summed E-state index contributed by atoms with van der Waals surface area (Å²) in [7, 11) is 0. The number of rotatable bonds is 3. The maximum absolute atomic E-state index is 12.8. The number of nitrogens with one attached hydrogen (secondary N) is 1. The van der Waals surface area contributed by atoms with Gasteiger partial charge < -0.3 is 20.9 Å². The van der Waals surface area contributed by atoms with Gasteiger partial charge in [0.05, 0.1) is 12.7 Å².